The van der Waals surface area contributed by atoms with E-state index in [1.54, 1.807) is 0 Å². The van der Waals surface area contributed by atoms with E-state index in [1.807, 2.05) is 0 Å². The minimum atomic E-state index is 0.640. The van der Waals surface area contributed by atoms with Gasteiger partial charge in [0, 0.05) is 19.0 Å². The van der Waals surface area contributed by atoms with Gasteiger partial charge in [-0.15, -0.1) is 0 Å². The van der Waals surface area contributed by atoms with Crippen LogP contribution in [0.2, 0.25) is 0 Å². The van der Waals surface area contributed by atoms with Crippen LogP contribution in [0, 0.1) is 5.92 Å². The highest BCUT2D eigenvalue weighted by Crippen LogP contribution is 2.34. The zero-order valence-corrected chi connectivity index (χ0v) is 11.6. The molecule has 1 saturated heterocycles. The van der Waals surface area contributed by atoms with Crippen LogP contribution in [0.15, 0.2) is 24.3 Å². The van der Waals surface area contributed by atoms with Gasteiger partial charge < -0.3 is 15.4 Å². The first-order chi connectivity index (χ1) is 9.36. The Balaban J connectivity index is 1.62. The number of ether oxygens (including phenoxy) is 1. The summed E-state index contributed by atoms with van der Waals surface area (Å²) in [6.07, 6.45) is 3.65. The molecule has 0 spiro atoms. The molecule has 3 heteroatoms. The number of benzene rings is 1. The zero-order chi connectivity index (χ0) is 13.1. The summed E-state index contributed by atoms with van der Waals surface area (Å²) < 4.78 is 5.74. The minimum absolute atomic E-state index is 0.640. The number of fused-ring (bicyclic) bond motifs is 1. The molecule has 2 aliphatic heterocycles. The number of nitrogens with two attached hydrogens (primary N) is 1. The van der Waals surface area contributed by atoms with Crippen LogP contribution >= 0.6 is 0 Å². The molecule has 2 unspecified atom stereocenters. The van der Waals surface area contributed by atoms with Crippen molar-refractivity contribution in [1.29, 1.82) is 0 Å². The van der Waals surface area contributed by atoms with Crippen molar-refractivity contribution >= 4 is 0 Å². The van der Waals surface area contributed by atoms with E-state index in [4.69, 9.17) is 10.5 Å². The maximum atomic E-state index is 5.74. The Morgan fingerprint density at radius 3 is 3.05 bits per heavy atom. The summed E-state index contributed by atoms with van der Waals surface area (Å²) in [6.45, 7) is 5.35. The summed E-state index contributed by atoms with van der Waals surface area (Å²) in [5.41, 5.74) is 7.07. The van der Waals surface area contributed by atoms with E-state index >= 15 is 0 Å². The van der Waals surface area contributed by atoms with Crippen molar-refractivity contribution in [2.24, 2.45) is 11.7 Å². The van der Waals surface area contributed by atoms with E-state index in [0.29, 0.717) is 5.92 Å². The average molecular weight is 260 g/mol. The van der Waals surface area contributed by atoms with Crippen LogP contribution < -0.4 is 10.5 Å². The lowest BCUT2D eigenvalue weighted by Crippen LogP contribution is -2.29. The van der Waals surface area contributed by atoms with E-state index in [-0.39, 0.29) is 0 Å². The maximum Gasteiger partial charge on any atom is 0.122 e. The Hall–Kier alpha value is -1.06. The summed E-state index contributed by atoms with van der Waals surface area (Å²) in [5, 5.41) is 0. The number of likely N-dealkylation sites (tertiary alicyclic amines) is 1. The number of rotatable bonds is 4. The van der Waals surface area contributed by atoms with Gasteiger partial charge >= 0.3 is 0 Å². The van der Waals surface area contributed by atoms with E-state index in [0.717, 1.165) is 31.2 Å². The molecule has 104 valence electrons. The highest BCUT2D eigenvalue weighted by Gasteiger charge is 2.27. The van der Waals surface area contributed by atoms with E-state index < -0.39 is 0 Å². The van der Waals surface area contributed by atoms with Gasteiger partial charge in [0.25, 0.3) is 0 Å². The van der Waals surface area contributed by atoms with Crippen LogP contribution in [0.1, 0.15) is 30.7 Å². The maximum absolute atomic E-state index is 5.74. The van der Waals surface area contributed by atoms with Gasteiger partial charge in [-0.05, 0) is 49.9 Å². The first kappa shape index (κ1) is 12.9. The Kier molecular flexibility index (Phi) is 4.04. The third-order valence-corrected chi connectivity index (χ3v) is 4.51. The topological polar surface area (TPSA) is 38.5 Å². The SMILES string of the molecule is NCCC1CCN(CC2CCOc3ccccc32)C1. The van der Waals surface area contributed by atoms with Gasteiger partial charge in [-0.25, -0.2) is 0 Å². The van der Waals surface area contributed by atoms with Crippen LogP contribution in [0.4, 0.5) is 0 Å². The Labute approximate surface area is 115 Å². The van der Waals surface area contributed by atoms with Crippen LogP contribution in [-0.4, -0.2) is 37.7 Å². The molecule has 1 fully saturated rings. The predicted molar refractivity (Wildman–Crippen MR) is 77.5 cm³/mol. The van der Waals surface area contributed by atoms with Crippen LogP contribution in [-0.2, 0) is 0 Å². The normalized spacial score (nSPS) is 27.0. The third-order valence-electron chi connectivity index (χ3n) is 4.51. The number of para-hydroxylation sites is 1. The lowest BCUT2D eigenvalue weighted by molar-refractivity contribution is 0.228. The molecular weight excluding hydrogens is 236 g/mol. The molecule has 2 atom stereocenters. The standard InChI is InChI=1S/C16H24N2O/c17-8-5-13-6-9-18(11-13)12-14-7-10-19-16-4-2-1-3-15(14)16/h1-4,13-14H,5-12,17H2. The second-order valence-corrected chi connectivity index (χ2v) is 5.86. The highest BCUT2D eigenvalue weighted by atomic mass is 16.5. The molecule has 0 aliphatic carbocycles. The molecule has 0 bridgehead atoms. The Morgan fingerprint density at radius 2 is 2.16 bits per heavy atom. The number of hydrogen-bond donors (Lipinski definition) is 1. The molecule has 3 rings (SSSR count). The second kappa shape index (κ2) is 5.93. The predicted octanol–water partition coefficient (Wildman–Crippen LogP) is 2.22. The molecule has 2 aliphatic rings. The monoisotopic (exact) mass is 260 g/mol. The molecule has 0 amide bonds. The van der Waals surface area contributed by atoms with Gasteiger partial charge in [0.2, 0.25) is 0 Å². The number of nitrogens with zero attached hydrogens (tertiary/aromatic N) is 1. The molecule has 1 aromatic rings. The van der Waals surface area contributed by atoms with Gasteiger partial charge in [0.1, 0.15) is 5.75 Å². The first-order valence-corrected chi connectivity index (χ1v) is 7.51. The third kappa shape index (κ3) is 2.93. The van der Waals surface area contributed by atoms with Crippen molar-refractivity contribution in [3.05, 3.63) is 29.8 Å². The zero-order valence-electron chi connectivity index (χ0n) is 11.6. The molecule has 0 aromatic heterocycles. The lowest BCUT2D eigenvalue weighted by Gasteiger charge is -2.29. The van der Waals surface area contributed by atoms with Gasteiger partial charge in [-0.2, -0.15) is 0 Å². The quantitative estimate of drug-likeness (QED) is 0.902. The van der Waals surface area contributed by atoms with Crippen LogP contribution in [0.5, 0.6) is 5.75 Å². The van der Waals surface area contributed by atoms with Crippen LogP contribution in [0.25, 0.3) is 0 Å². The molecule has 0 radical (unpaired) electrons. The van der Waals surface area contributed by atoms with Crippen molar-refractivity contribution in [3.8, 4) is 5.75 Å². The Bertz CT molecular complexity index is 421. The van der Waals surface area contributed by atoms with Gasteiger partial charge in [-0.3, -0.25) is 0 Å². The van der Waals surface area contributed by atoms with Gasteiger partial charge in [0.05, 0.1) is 6.61 Å². The molecule has 19 heavy (non-hydrogen) atoms. The lowest BCUT2D eigenvalue weighted by atomic mass is 9.92. The smallest absolute Gasteiger partial charge is 0.122 e. The summed E-state index contributed by atoms with van der Waals surface area (Å²) in [4.78, 5) is 2.62. The summed E-state index contributed by atoms with van der Waals surface area (Å²) in [6, 6.07) is 8.52. The minimum Gasteiger partial charge on any atom is -0.493 e. The van der Waals surface area contributed by atoms with Crippen molar-refractivity contribution < 1.29 is 4.74 Å². The molecule has 2 N–H and O–H groups in total. The summed E-state index contributed by atoms with van der Waals surface area (Å²) >= 11 is 0. The summed E-state index contributed by atoms with van der Waals surface area (Å²) in [7, 11) is 0. The van der Waals surface area contributed by atoms with Gasteiger partial charge in [-0.1, -0.05) is 18.2 Å². The Morgan fingerprint density at radius 1 is 1.26 bits per heavy atom. The van der Waals surface area contributed by atoms with Crippen molar-refractivity contribution in [2.45, 2.75) is 25.2 Å². The highest BCUT2D eigenvalue weighted by molar-refractivity contribution is 5.37. The van der Waals surface area contributed by atoms with E-state index in [2.05, 4.69) is 29.2 Å². The summed E-state index contributed by atoms with van der Waals surface area (Å²) in [5.74, 6) is 2.55. The average Bonchev–Trinajstić information content (AvgIpc) is 2.87. The molecular formula is C16H24N2O. The van der Waals surface area contributed by atoms with Gasteiger partial charge in [0.15, 0.2) is 0 Å². The van der Waals surface area contributed by atoms with Crippen LogP contribution in [0.3, 0.4) is 0 Å². The fourth-order valence-corrected chi connectivity index (χ4v) is 3.47. The second-order valence-electron chi connectivity index (χ2n) is 5.86. The first-order valence-electron chi connectivity index (χ1n) is 7.51. The van der Waals surface area contributed by atoms with E-state index in [1.165, 1.54) is 38.0 Å². The van der Waals surface area contributed by atoms with Crippen molar-refractivity contribution in [3.63, 3.8) is 0 Å². The van der Waals surface area contributed by atoms with E-state index in [9.17, 15) is 0 Å². The molecule has 1 aromatic carbocycles. The van der Waals surface area contributed by atoms with Crippen molar-refractivity contribution in [1.82, 2.24) is 4.90 Å². The molecule has 2 heterocycles. The molecule has 3 nitrogen and oxygen atoms in total. The number of hydrogen-bond acceptors (Lipinski definition) is 3. The molecule has 0 saturated carbocycles. The fraction of sp³-hybridized carbons (Fsp3) is 0.625. The van der Waals surface area contributed by atoms with Crippen molar-refractivity contribution in [2.75, 3.05) is 32.8 Å². The largest absolute Gasteiger partial charge is 0.493 e. The fourth-order valence-electron chi connectivity index (χ4n) is 3.47.